The quantitative estimate of drug-likeness (QED) is 0.0828. The summed E-state index contributed by atoms with van der Waals surface area (Å²) in [5, 5.41) is 28.5. The summed E-state index contributed by atoms with van der Waals surface area (Å²) < 4.78 is 33.8. The third-order valence-corrected chi connectivity index (χ3v) is 11.1. The van der Waals surface area contributed by atoms with E-state index in [1.54, 1.807) is 74.7 Å². The highest BCUT2D eigenvalue weighted by Gasteiger charge is 2.23. The zero-order valence-electron chi connectivity index (χ0n) is 29.8. The number of hydrogen-bond acceptors (Lipinski definition) is 10. The van der Waals surface area contributed by atoms with Crippen LogP contribution in [0.15, 0.2) is 130 Å². The number of aromatic nitrogens is 2. The van der Waals surface area contributed by atoms with E-state index in [9.17, 15) is 28.2 Å². The number of carbonyl (C=O) groups excluding carboxylic acids is 1. The van der Waals surface area contributed by atoms with E-state index in [2.05, 4.69) is 20.6 Å². The van der Waals surface area contributed by atoms with Gasteiger partial charge >= 0.3 is 0 Å². The molecule has 1 amide bonds. The normalized spacial score (nSPS) is 12.1. The lowest BCUT2D eigenvalue weighted by atomic mass is 10.0. The maximum Gasteiger partial charge on any atom is 0.252 e. The lowest BCUT2D eigenvalue weighted by molar-refractivity contribution is 0.100. The molecule has 0 aliphatic carbocycles. The van der Waals surface area contributed by atoms with Gasteiger partial charge in [0.2, 0.25) is 15.4 Å². The number of benzene rings is 5. The summed E-state index contributed by atoms with van der Waals surface area (Å²) in [6, 6.07) is 30.5. The molecule has 12 nitrogen and oxygen atoms in total. The summed E-state index contributed by atoms with van der Waals surface area (Å²) in [5.74, 6) is -0.208. The average Bonchev–Trinajstić information content (AvgIpc) is 3.18. The number of aliphatic hydroxyl groups excluding tert-OH is 1. The fourth-order valence-corrected chi connectivity index (χ4v) is 7.99. The van der Waals surface area contributed by atoms with E-state index in [1.165, 1.54) is 24.4 Å². The van der Waals surface area contributed by atoms with Crippen LogP contribution in [0.1, 0.15) is 33.2 Å². The molecule has 0 bridgehead atoms. The summed E-state index contributed by atoms with van der Waals surface area (Å²) in [6.07, 6.45) is 0.480. The van der Waals surface area contributed by atoms with Gasteiger partial charge in [0.15, 0.2) is 0 Å². The Labute approximate surface area is 316 Å². The Morgan fingerprint density at radius 2 is 1.69 bits per heavy atom. The molecule has 0 unspecified atom stereocenters. The number of aliphatic hydroxyl groups is 1. The molecule has 0 saturated heterocycles. The number of phenols is 1. The average molecular weight is 756 g/mol. The molecule has 7 aromatic rings. The second kappa shape index (κ2) is 15.1. The number of phenolic OH excluding ortho intramolecular Hbond substituents is 1. The van der Waals surface area contributed by atoms with Gasteiger partial charge in [0.1, 0.15) is 11.5 Å². The van der Waals surface area contributed by atoms with Crippen LogP contribution < -0.4 is 26.7 Å². The molecule has 2 heterocycles. The molecule has 2 aromatic heterocycles. The van der Waals surface area contributed by atoms with Crippen molar-refractivity contribution in [2.75, 3.05) is 19.0 Å². The van der Waals surface area contributed by atoms with Crippen LogP contribution in [0.2, 0.25) is 0 Å². The second-order valence-electron chi connectivity index (χ2n) is 13.1. The summed E-state index contributed by atoms with van der Waals surface area (Å²) >= 11 is 0. The Kier molecular flexibility index (Phi) is 10.1. The molecule has 0 aliphatic rings. The van der Waals surface area contributed by atoms with E-state index < -0.39 is 21.8 Å². The topological polar surface area (TPSA) is 197 Å². The third-order valence-electron chi connectivity index (χ3n) is 9.41. The van der Waals surface area contributed by atoms with Crippen LogP contribution >= 0.6 is 0 Å². The smallest absolute Gasteiger partial charge is 0.252 e. The van der Waals surface area contributed by atoms with Crippen molar-refractivity contribution in [3.63, 3.8) is 0 Å². The Balaban J connectivity index is 1.11. The van der Waals surface area contributed by atoms with Crippen molar-refractivity contribution in [3.05, 3.63) is 148 Å². The molecular weight excluding hydrogens is 719 g/mol. The van der Waals surface area contributed by atoms with Crippen LogP contribution in [-0.4, -0.2) is 48.2 Å². The van der Waals surface area contributed by atoms with Gasteiger partial charge in [-0.2, -0.15) is 0 Å². The van der Waals surface area contributed by atoms with E-state index in [0.29, 0.717) is 56.6 Å². The number of ether oxygens (including phenoxy) is 1. The fraction of sp³-hybridized carbons (Fsp3) is 0.119. The van der Waals surface area contributed by atoms with Gasteiger partial charge in [-0.05, 0) is 83.3 Å². The number of methoxy groups -OCH3 is 1. The molecule has 0 spiro atoms. The van der Waals surface area contributed by atoms with Gasteiger partial charge in [-0.15, -0.1) is 0 Å². The van der Waals surface area contributed by atoms with E-state index in [-0.39, 0.29) is 38.7 Å². The lowest BCUT2D eigenvalue weighted by Gasteiger charge is -2.16. The first-order valence-corrected chi connectivity index (χ1v) is 18.7. The summed E-state index contributed by atoms with van der Waals surface area (Å²) in [7, 11) is -2.50. The van der Waals surface area contributed by atoms with Gasteiger partial charge in [0.25, 0.3) is 5.91 Å². The Morgan fingerprint density at radius 3 is 2.45 bits per heavy atom. The van der Waals surface area contributed by atoms with Gasteiger partial charge in [0, 0.05) is 47.9 Å². The number of aromatic hydroxyl groups is 1. The number of carbonyl (C=O) groups is 1. The van der Waals surface area contributed by atoms with E-state index in [0.717, 1.165) is 11.1 Å². The van der Waals surface area contributed by atoms with E-state index in [1.807, 2.05) is 30.3 Å². The summed E-state index contributed by atoms with van der Waals surface area (Å²) in [6.45, 7) is 2.42. The van der Waals surface area contributed by atoms with Crippen LogP contribution in [0.5, 0.6) is 11.5 Å². The number of H-pyrrole nitrogens is 1. The molecule has 1 atom stereocenters. The first kappa shape index (κ1) is 36.8. The lowest BCUT2D eigenvalue weighted by Crippen LogP contribution is -2.21. The predicted molar refractivity (Wildman–Crippen MR) is 212 cm³/mol. The summed E-state index contributed by atoms with van der Waals surface area (Å²) in [4.78, 5) is 31.5. The molecule has 0 radical (unpaired) electrons. The van der Waals surface area contributed by atoms with E-state index in [4.69, 9.17) is 10.5 Å². The van der Waals surface area contributed by atoms with Crippen LogP contribution in [0, 0.1) is 6.92 Å². The second-order valence-corrected chi connectivity index (χ2v) is 15.0. The SMILES string of the molecule is COc1cccc(Nc2c(C(N)=O)cnc3c(C)cc(S(=O)(=O)c4cccc(-c5ccc(CNC[C@H](O)c6ccc(O)c7[nH]c(=O)ccc67)cc5)c4)cc23)c1. The van der Waals surface area contributed by atoms with Gasteiger partial charge in [0.05, 0.1) is 45.3 Å². The number of rotatable bonds is 12. The number of anilines is 2. The van der Waals surface area contributed by atoms with Crippen molar-refractivity contribution in [2.24, 2.45) is 5.73 Å². The van der Waals surface area contributed by atoms with Gasteiger partial charge in [-0.25, -0.2) is 8.42 Å². The minimum atomic E-state index is -4.04. The molecule has 55 heavy (non-hydrogen) atoms. The maximum atomic E-state index is 14.2. The molecule has 7 N–H and O–H groups in total. The van der Waals surface area contributed by atoms with Gasteiger partial charge < -0.3 is 36.3 Å². The first-order valence-electron chi connectivity index (χ1n) is 17.3. The number of pyridine rings is 2. The largest absolute Gasteiger partial charge is 0.506 e. The molecule has 0 aliphatic heterocycles. The molecule has 5 aromatic carbocycles. The van der Waals surface area contributed by atoms with Crippen molar-refractivity contribution in [2.45, 2.75) is 29.4 Å². The predicted octanol–water partition coefficient (Wildman–Crippen LogP) is 6.26. The molecule has 13 heteroatoms. The van der Waals surface area contributed by atoms with Crippen LogP contribution in [-0.2, 0) is 16.4 Å². The number of hydrogen-bond donors (Lipinski definition) is 6. The molecule has 7 rings (SSSR count). The monoisotopic (exact) mass is 755 g/mol. The number of nitrogens with one attached hydrogen (secondary N) is 3. The van der Waals surface area contributed by atoms with Crippen molar-refractivity contribution in [1.82, 2.24) is 15.3 Å². The first-order chi connectivity index (χ1) is 26.4. The minimum Gasteiger partial charge on any atom is -0.506 e. The fourth-order valence-electron chi connectivity index (χ4n) is 6.58. The van der Waals surface area contributed by atoms with Crippen molar-refractivity contribution < 1.29 is 28.2 Å². The minimum absolute atomic E-state index is 0.0314. The number of sulfone groups is 1. The highest BCUT2D eigenvalue weighted by atomic mass is 32.2. The number of nitrogens with two attached hydrogens (primary N) is 1. The summed E-state index contributed by atoms with van der Waals surface area (Å²) in [5.41, 5.74) is 10.8. The van der Waals surface area contributed by atoms with Crippen molar-refractivity contribution in [3.8, 4) is 22.6 Å². The zero-order valence-corrected chi connectivity index (χ0v) is 30.6. The number of aromatic amines is 1. The van der Waals surface area contributed by atoms with Gasteiger partial charge in [-0.3, -0.25) is 14.6 Å². The van der Waals surface area contributed by atoms with Gasteiger partial charge in [-0.1, -0.05) is 48.5 Å². The van der Waals surface area contributed by atoms with Crippen LogP contribution in [0.3, 0.4) is 0 Å². The molecular formula is C42H37N5O7S. The maximum absolute atomic E-state index is 14.2. The number of amides is 1. The molecule has 278 valence electrons. The number of fused-ring (bicyclic) bond motifs is 2. The number of primary amides is 1. The van der Waals surface area contributed by atoms with Crippen LogP contribution in [0.25, 0.3) is 32.9 Å². The Bertz CT molecular complexity index is 2770. The van der Waals surface area contributed by atoms with E-state index >= 15 is 0 Å². The molecule has 0 saturated carbocycles. The zero-order chi connectivity index (χ0) is 38.9. The third kappa shape index (κ3) is 7.49. The highest BCUT2D eigenvalue weighted by Crippen LogP contribution is 2.36. The molecule has 0 fully saturated rings. The highest BCUT2D eigenvalue weighted by molar-refractivity contribution is 7.91. The number of aryl methyl sites for hydroxylation is 1. The van der Waals surface area contributed by atoms with Crippen LogP contribution in [0.4, 0.5) is 11.4 Å². The number of nitrogens with zero attached hydrogens (tertiary/aromatic N) is 1. The van der Waals surface area contributed by atoms with Crippen molar-refractivity contribution in [1.29, 1.82) is 0 Å². The Morgan fingerprint density at radius 1 is 0.909 bits per heavy atom. The van der Waals surface area contributed by atoms with Crippen molar-refractivity contribution >= 4 is 48.9 Å². The standard InChI is InChI=1S/C42H37N5O7S/c1-24-17-31(20-34-39(24)45-22-35(42(43)51)40(34)46-28-6-4-7-29(19-28)54-2)55(52,53)30-8-3-5-27(18-30)26-11-9-25(10-12-26)21-44-23-37(49)32-13-15-36(48)41-33(32)14-16-38(50)47-41/h3-20,22,37,44,48-49H,21,23H2,1-2H3,(H2,43,51)(H,45,46)(H,47,50)/t37-/m0/s1. The Hall–Kier alpha value is -6.54.